The number of hydrogen-bond acceptors (Lipinski definition) is 4. The molecule has 0 atom stereocenters. The number of carbonyl (C=O) groups excluding carboxylic acids is 1. The second kappa shape index (κ2) is 7.77. The molecule has 0 spiro atoms. The Bertz CT molecular complexity index is 723. The topological polar surface area (TPSA) is 47.3 Å². The van der Waals surface area contributed by atoms with Crippen LogP contribution in [0.1, 0.15) is 21.5 Å². The largest absolute Gasteiger partial charge is 0.353 e. The smallest absolute Gasteiger partial charge is 0.252 e. The molecule has 5 heteroatoms. The monoisotopic (exact) mass is 327 g/mol. The van der Waals surface area contributed by atoms with Crippen LogP contribution in [-0.4, -0.2) is 30.9 Å². The first-order chi connectivity index (χ1) is 11.0. The number of halogens is 1. The zero-order valence-corrected chi connectivity index (χ0v) is 13.9. The van der Waals surface area contributed by atoms with Crippen molar-refractivity contribution in [3.63, 3.8) is 0 Å². The molecule has 0 aliphatic heterocycles. The molecule has 0 bridgehead atoms. The highest BCUT2D eigenvalue weighted by Gasteiger charge is 2.15. The lowest BCUT2D eigenvalue weighted by molar-refractivity contribution is 0.108. The van der Waals surface area contributed by atoms with Gasteiger partial charge >= 0.3 is 0 Å². The Hall–Kier alpha value is -2.35. The van der Waals surface area contributed by atoms with Crippen molar-refractivity contribution in [2.45, 2.75) is 6.54 Å². The van der Waals surface area contributed by atoms with Gasteiger partial charge in [-0.15, -0.1) is 0 Å². The molecule has 118 valence electrons. The maximum absolute atomic E-state index is 11.3. The highest BCUT2D eigenvalue weighted by atomic mass is 35.5. The van der Waals surface area contributed by atoms with Crippen molar-refractivity contribution < 1.29 is 4.79 Å². The highest BCUT2D eigenvalue weighted by Crippen LogP contribution is 2.24. The highest BCUT2D eigenvalue weighted by molar-refractivity contribution is 6.67. The third-order valence-corrected chi connectivity index (χ3v) is 3.57. The van der Waals surface area contributed by atoms with Crippen molar-refractivity contribution in [3.05, 3.63) is 65.2 Å². The molecule has 4 nitrogen and oxygen atoms in total. The minimum Gasteiger partial charge on any atom is -0.353 e. The molecule has 0 amide bonds. The second-order valence-electron chi connectivity index (χ2n) is 5.52. The van der Waals surface area contributed by atoms with Gasteiger partial charge in [0.15, 0.2) is 0 Å². The third kappa shape index (κ3) is 4.56. The lowest BCUT2D eigenvalue weighted by Gasteiger charge is -2.29. The molecule has 0 radical (unpaired) electrons. The first-order valence-corrected chi connectivity index (χ1v) is 7.56. The number of carbonyl (C=O) groups is 1. The van der Waals surface area contributed by atoms with Gasteiger partial charge in [0.1, 0.15) is 6.07 Å². The molecule has 0 heterocycles. The lowest BCUT2D eigenvalue weighted by atomic mass is 10.1. The minimum atomic E-state index is -0.560. The predicted molar refractivity (Wildman–Crippen MR) is 92.5 cm³/mol. The maximum Gasteiger partial charge on any atom is 0.252 e. The van der Waals surface area contributed by atoms with E-state index in [0.29, 0.717) is 24.3 Å². The fourth-order valence-electron chi connectivity index (χ4n) is 2.38. The number of hydrogen-bond donors (Lipinski definition) is 0. The van der Waals surface area contributed by atoms with E-state index in [1.165, 1.54) is 0 Å². The fraction of sp³-hybridized carbons (Fsp3) is 0.222. The molecule has 0 saturated carbocycles. The van der Waals surface area contributed by atoms with Gasteiger partial charge in [-0.2, -0.15) is 5.26 Å². The Labute approximate surface area is 141 Å². The first kappa shape index (κ1) is 17.0. The van der Waals surface area contributed by atoms with E-state index in [0.717, 1.165) is 11.3 Å². The summed E-state index contributed by atoms with van der Waals surface area (Å²) in [6.07, 6.45) is 0. The molecule has 23 heavy (non-hydrogen) atoms. The van der Waals surface area contributed by atoms with Crippen LogP contribution in [-0.2, 0) is 6.54 Å². The Kier molecular flexibility index (Phi) is 5.75. The zero-order valence-electron chi connectivity index (χ0n) is 13.2. The van der Waals surface area contributed by atoms with Crippen LogP contribution in [0.4, 0.5) is 5.69 Å². The Morgan fingerprint density at radius 2 is 1.87 bits per heavy atom. The van der Waals surface area contributed by atoms with Gasteiger partial charge in [0.2, 0.25) is 0 Å². The summed E-state index contributed by atoms with van der Waals surface area (Å²) in [7, 11) is 3.95. The summed E-state index contributed by atoms with van der Waals surface area (Å²) < 4.78 is 0. The van der Waals surface area contributed by atoms with Gasteiger partial charge in [-0.1, -0.05) is 30.3 Å². The van der Waals surface area contributed by atoms with Crippen LogP contribution in [0.5, 0.6) is 0 Å². The second-order valence-corrected chi connectivity index (χ2v) is 5.87. The molecule has 0 aliphatic rings. The molecule has 2 aromatic carbocycles. The Balaban J connectivity index is 2.39. The summed E-state index contributed by atoms with van der Waals surface area (Å²) in [5, 5.41) is 8.87. The number of anilines is 1. The van der Waals surface area contributed by atoms with E-state index in [4.69, 9.17) is 11.6 Å². The SMILES string of the molecule is CN(C)CN(Cc1ccccc1)c1ccc(C(=O)Cl)cc1C#N. The van der Waals surface area contributed by atoms with E-state index in [1.807, 2.05) is 49.3 Å². The van der Waals surface area contributed by atoms with Crippen molar-refractivity contribution in [3.8, 4) is 6.07 Å². The van der Waals surface area contributed by atoms with Crippen molar-refractivity contribution in [2.75, 3.05) is 25.7 Å². The quantitative estimate of drug-likeness (QED) is 0.602. The number of rotatable bonds is 6. The molecule has 0 aromatic heterocycles. The van der Waals surface area contributed by atoms with Crippen LogP contribution < -0.4 is 4.90 Å². The van der Waals surface area contributed by atoms with E-state index in [1.54, 1.807) is 18.2 Å². The van der Waals surface area contributed by atoms with Crippen LogP contribution in [0.15, 0.2) is 48.5 Å². The summed E-state index contributed by atoms with van der Waals surface area (Å²) in [4.78, 5) is 15.4. The Morgan fingerprint density at radius 3 is 2.43 bits per heavy atom. The van der Waals surface area contributed by atoms with Gasteiger partial charge in [-0.05, 0) is 49.5 Å². The van der Waals surface area contributed by atoms with Crippen LogP contribution in [0.2, 0.25) is 0 Å². The molecule has 0 unspecified atom stereocenters. The van der Waals surface area contributed by atoms with Crippen LogP contribution in [0, 0.1) is 11.3 Å². The van der Waals surface area contributed by atoms with Crippen molar-refractivity contribution >= 4 is 22.5 Å². The van der Waals surface area contributed by atoms with E-state index in [-0.39, 0.29) is 0 Å². The summed E-state index contributed by atoms with van der Waals surface area (Å²) >= 11 is 5.51. The summed E-state index contributed by atoms with van der Waals surface area (Å²) in [6, 6.07) is 17.2. The van der Waals surface area contributed by atoms with E-state index < -0.39 is 5.24 Å². The Morgan fingerprint density at radius 1 is 1.17 bits per heavy atom. The van der Waals surface area contributed by atoms with Crippen LogP contribution in [0.3, 0.4) is 0 Å². The summed E-state index contributed by atoms with van der Waals surface area (Å²) in [5.41, 5.74) is 2.70. The minimum absolute atomic E-state index is 0.330. The first-order valence-electron chi connectivity index (χ1n) is 7.19. The van der Waals surface area contributed by atoms with E-state index in [9.17, 15) is 10.1 Å². The lowest BCUT2D eigenvalue weighted by Crippen LogP contribution is -2.33. The number of nitriles is 1. The number of nitrogens with zero attached hydrogens (tertiary/aromatic N) is 3. The van der Waals surface area contributed by atoms with Gasteiger partial charge in [0.25, 0.3) is 5.24 Å². The molecule has 2 aromatic rings. The van der Waals surface area contributed by atoms with Gasteiger partial charge in [-0.25, -0.2) is 0 Å². The molecular weight excluding hydrogens is 310 g/mol. The molecular formula is C18H18ClN3O. The number of benzene rings is 2. The molecule has 0 saturated heterocycles. The molecule has 0 aliphatic carbocycles. The summed E-state index contributed by atoms with van der Waals surface area (Å²) in [5.74, 6) is 0. The average Bonchev–Trinajstić information content (AvgIpc) is 2.54. The van der Waals surface area contributed by atoms with Crippen molar-refractivity contribution in [1.82, 2.24) is 4.90 Å². The maximum atomic E-state index is 11.3. The van der Waals surface area contributed by atoms with Crippen LogP contribution >= 0.6 is 11.6 Å². The van der Waals surface area contributed by atoms with Crippen molar-refractivity contribution in [1.29, 1.82) is 5.26 Å². The zero-order chi connectivity index (χ0) is 16.8. The van der Waals surface area contributed by atoms with E-state index >= 15 is 0 Å². The van der Waals surface area contributed by atoms with Crippen molar-refractivity contribution in [2.24, 2.45) is 0 Å². The molecule has 0 fully saturated rings. The predicted octanol–water partition coefficient (Wildman–Crippen LogP) is 3.46. The van der Waals surface area contributed by atoms with Gasteiger partial charge in [-0.3, -0.25) is 9.69 Å². The molecule has 2 rings (SSSR count). The average molecular weight is 328 g/mol. The third-order valence-electron chi connectivity index (χ3n) is 3.35. The van der Waals surface area contributed by atoms with E-state index in [2.05, 4.69) is 11.0 Å². The standard InChI is InChI=1S/C18H18ClN3O/c1-21(2)13-22(12-14-6-4-3-5-7-14)17-9-8-15(18(19)23)10-16(17)11-20/h3-10H,12-13H2,1-2H3. The fourth-order valence-corrected chi connectivity index (χ4v) is 2.50. The normalized spacial score (nSPS) is 10.4. The van der Waals surface area contributed by atoms with Gasteiger partial charge in [0, 0.05) is 12.1 Å². The summed E-state index contributed by atoms with van der Waals surface area (Å²) in [6.45, 7) is 1.32. The van der Waals surface area contributed by atoms with Gasteiger partial charge < -0.3 is 4.90 Å². The molecule has 0 N–H and O–H groups in total. The van der Waals surface area contributed by atoms with Gasteiger partial charge in [0.05, 0.1) is 17.9 Å². The van der Waals surface area contributed by atoms with Crippen LogP contribution in [0.25, 0.3) is 0 Å².